The van der Waals surface area contributed by atoms with Crippen molar-refractivity contribution in [2.75, 3.05) is 0 Å². The van der Waals surface area contributed by atoms with Crippen LogP contribution in [0.5, 0.6) is 0 Å². The summed E-state index contributed by atoms with van der Waals surface area (Å²) in [5, 5.41) is 3.16. The van der Waals surface area contributed by atoms with Crippen LogP contribution >= 0.6 is 0 Å². The summed E-state index contributed by atoms with van der Waals surface area (Å²) in [6.07, 6.45) is 3.66. The number of aromatic nitrogens is 2. The van der Waals surface area contributed by atoms with E-state index in [4.69, 9.17) is 8.83 Å². The number of rotatable bonds is 2. The quantitative estimate of drug-likeness (QED) is 0.293. The van der Waals surface area contributed by atoms with Crippen LogP contribution in [0.25, 0.3) is 66.4 Å². The van der Waals surface area contributed by atoms with Gasteiger partial charge in [0, 0.05) is 39.7 Å². The number of fused-ring (bicyclic) bond motifs is 6. The van der Waals surface area contributed by atoms with Crippen molar-refractivity contribution in [2.24, 2.45) is 0 Å². The second-order valence-corrected chi connectivity index (χ2v) is 7.87. The first-order valence-electron chi connectivity index (χ1n) is 10.5. The van der Waals surface area contributed by atoms with Gasteiger partial charge in [0.15, 0.2) is 5.58 Å². The molecule has 4 heteroatoms. The summed E-state index contributed by atoms with van der Waals surface area (Å²) in [7, 11) is 0. The molecule has 3 aromatic carbocycles. The summed E-state index contributed by atoms with van der Waals surface area (Å²) in [5.41, 5.74) is 8.34. The predicted molar refractivity (Wildman–Crippen MR) is 127 cm³/mol. The highest BCUT2D eigenvalue weighted by molar-refractivity contribution is 6.10. The Balaban J connectivity index is 1.47. The molecule has 0 saturated heterocycles. The standard InChI is InChI=1S/C28H16N2O2/c1-2-7-24-20(5-1)27-28(32-24)19(12-14-30-27)17-8-10-25-21(15-17)22-16-18(9-11-26(22)31-25)23-6-3-4-13-29-23/h1-16H. The molecule has 0 amide bonds. The summed E-state index contributed by atoms with van der Waals surface area (Å²) in [6, 6.07) is 28.5. The number of hydrogen-bond donors (Lipinski definition) is 0. The number of hydrogen-bond acceptors (Lipinski definition) is 4. The van der Waals surface area contributed by atoms with Crippen LogP contribution in [0.4, 0.5) is 0 Å². The summed E-state index contributed by atoms with van der Waals surface area (Å²) >= 11 is 0. The highest BCUT2D eigenvalue weighted by atomic mass is 16.3. The SMILES string of the molecule is c1ccc(-c2ccc3oc4ccc(-c5ccnc6c5oc5ccccc56)cc4c3c2)nc1. The van der Waals surface area contributed by atoms with Gasteiger partial charge in [-0.25, -0.2) is 0 Å². The maximum atomic E-state index is 6.20. The largest absolute Gasteiger partial charge is 0.456 e. The zero-order chi connectivity index (χ0) is 21.1. The van der Waals surface area contributed by atoms with Gasteiger partial charge in [-0.15, -0.1) is 0 Å². The molecule has 0 fully saturated rings. The molecule has 0 aliphatic rings. The smallest absolute Gasteiger partial charge is 0.161 e. The Hall–Kier alpha value is -4.44. The zero-order valence-corrected chi connectivity index (χ0v) is 16.9. The summed E-state index contributed by atoms with van der Waals surface area (Å²) in [5.74, 6) is 0. The Kier molecular flexibility index (Phi) is 3.52. The molecule has 0 aliphatic carbocycles. The molecule has 7 aromatic rings. The Morgan fingerprint density at radius 1 is 0.531 bits per heavy atom. The minimum Gasteiger partial charge on any atom is -0.456 e. The van der Waals surface area contributed by atoms with Crippen LogP contribution in [0.1, 0.15) is 0 Å². The van der Waals surface area contributed by atoms with E-state index in [9.17, 15) is 0 Å². The van der Waals surface area contributed by atoms with Gasteiger partial charge >= 0.3 is 0 Å². The molecular weight excluding hydrogens is 396 g/mol. The van der Waals surface area contributed by atoms with Gasteiger partial charge in [-0.1, -0.05) is 24.3 Å². The van der Waals surface area contributed by atoms with Crippen molar-refractivity contribution in [3.63, 3.8) is 0 Å². The zero-order valence-electron chi connectivity index (χ0n) is 16.9. The van der Waals surface area contributed by atoms with Crippen molar-refractivity contribution >= 4 is 44.0 Å². The molecule has 7 rings (SSSR count). The maximum Gasteiger partial charge on any atom is 0.161 e. The van der Waals surface area contributed by atoms with Crippen LogP contribution in [0, 0.1) is 0 Å². The van der Waals surface area contributed by atoms with E-state index in [2.05, 4.69) is 34.2 Å². The first-order valence-corrected chi connectivity index (χ1v) is 10.5. The van der Waals surface area contributed by atoms with Gasteiger partial charge in [0.1, 0.15) is 22.3 Å². The van der Waals surface area contributed by atoms with Gasteiger partial charge in [0.05, 0.1) is 5.69 Å². The molecule has 150 valence electrons. The fourth-order valence-electron chi connectivity index (χ4n) is 4.47. The Morgan fingerprint density at radius 2 is 1.28 bits per heavy atom. The van der Waals surface area contributed by atoms with E-state index in [0.29, 0.717) is 0 Å². The lowest BCUT2D eigenvalue weighted by Crippen LogP contribution is -1.82. The molecule has 0 saturated carbocycles. The summed E-state index contributed by atoms with van der Waals surface area (Å²) in [6.45, 7) is 0. The van der Waals surface area contributed by atoms with Crippen LogP contribution in [0.2, 0.25) is 0 Å². The van der Waals surface area contributed by atoms with E-state index in [1.165, 1.54) is 0 Å². The Morgan fingerprint density at radius 3 is 2.12 bits per heavy atom. The van der Waals surface area contributed by atoms with Gasteiger partial charge in [-0.2, -0.15) is 0 Å². The molecule has 0 N–H and O–H groups in total. The first kappa shape index (κ1) is 17.3. The van der Waals surface area contributed by atoms with E-state index in [1.807, 2.05) is 73.1 Å². The Bertz CT molecular complexity index is 1780. The second-order valence-electron chi connectivity index (χ2n) is 7.87. The molecule has 0 atom stereocenters. The number of benzene rings is 3. The number of furan rings is 2. The van der Waals surface area contributed by atoms with Gasteiger partial charge < -0.3 is 8.83 Å². The lowest BCUT2D eigenvalue weighted by atomic mass is 10.0. The molecule has 4 heterocycles. The summed E-state index contributed by atoms with van der Waals surface area (Å²) in [4.78, 5) is 9.07. The monoisotopic (exact) mass is 412 g/mol. The van der Waals surface area contributed by atoms with Crippen LogP contribution in [-0.4, -0.2) is 9.97 Å². The van der Waals surface area contributed by atoms with Gasteiger partial charge in [-0.3, -0.25) is 9.97 Å². The molecule has 32 heavy (non-hydrogen) atoms. The van der Waals surface area contributed by atoms with E-state index < -0.39 is 0 Å². The van der Waals surface area contributed by atoms with Crippen molar-refractivity contribution < 1.29 is 8.83 Å². The summed E-state index contributed by atoms with van der Waals surface area (Å²) < 4.78 is 12.3. The van der Waals surface area contributed by atoms with Crippen LogP contribution in [0.3, 0.4) is 0 Å². The minimum absolute atomic E-state index is 0.801. The normalized spacial score (nSPS) is 11.8. The average molecular weight is 412 g/mol. The van der Waals surface area contributed by atoms with Crippen molar-refractivity contribution in [1.82, 2.24) is 9.97 Å². The van der Waals surface area contributed by atoms with Gasteiger partial charge in [-0.05, 0) is 66.2 Å². The van der Waals surface area contributed by atoms with Gasteiger partial charge in [0.25, 0.3) is 0 Å². The van der Waals surface area contributed by atoms with E-state index >= 15 is 0 Å². The van der Waals surface area contributed by atoms with Crippen molar-refractivity contribution in [3.05, 3.63) is 97.3 Å². The Labute approximate surface area is 182 Å². The van der Waals surface area contributed by atoms with Gasteiger partial charge in [0.2, 0.25) is 0 Å². The fourth-order valence-corrected chi connectivity index (χ4v) is 4.47. The van der Waals surface area contributed by atoms with E-state index in [0.717, 1.165) is 66.4 Å². The van der Waals surface area contributed by atoms with E-state index in [-0.39, 0.29) is 0 Å². The highest BCUT2D eigenvalue weighted by Crippen LogP contribution is 2.38. The van der Waals surface area contributed by atoms with Crippen molar-refractivity contribution in [3.8, 4) is 22.4 Å². The lowest BCUT2D eigenvalue weighted by molar-refractivity contribution is 0.668. The molecule has 4 nitrogen and oxygen atoms in total. The molecule has 0 bridgehead atoms. The fraction of sp³-hybridized carbons (Fsp3) is 0. The number of pyridine rings is 2. The predicted octanol–water partition coefficient (Wildman–Crippen LogP) is 7.61. The second kappa shape index (κ2) is 6.53. The molecule has 4 aromatic heterocycles. The van der Waals surface area contributed by atoms with Crippen molar-refractivity contribution in [2.45, 2.75) is 0 Å². The van der Waals surface area contributed by atoms with Crippen LogP contribution < -0.4 is 0 Å². The third kappa shape index (κ3) is 2.50. The number of para-hydroxylation sites is 1. The number of nitrogens with zero attached hydrogens (tertiary/aromatic N) is 2. The molecule has 0 unspecified atom stereocenters. The third-order valence-electron chi connectivity index (χ3n) is 6.00. The lowest BCUT2D eigenvalue weighted by Gasteiger charge is -2.03. The minimum atomic E-state index is 0.801. The maximum absolute atomic E-state index is 6.20. The van der Waals surface area contributed by atoms with Crippen LogP contribution in [0.15, 0.2) is 106 Å². The molecular formula is C28H16N2O2. The topological polar surface area (TPSA) is 52.1 Å². The third-order valence-corrected chi connectivity index (χ3v) is 6.00. The molecule has 0 aliphatic heterocycles. The average Bonchev–Trinajstić information content (AvgIpc) is 3.42. The van der Waals surface area contributed by atoms with E-state index in [1.54, 1.807) is 0 Å². The highest BCUT2D eigenvalue weighted by Gasteiger charge is 2.15. The molecule has 0 spiro atoms. The van der Waals surface area contributed by atoms with Crippen LogP contribution in [-0.2, 0) is 0 Å². The van der Waals surface area contributed by atoms with Crippen molar-refractivity contribution in [1.29, 1.82) is 0 Å². The molecule has 0 radical (unpaired) electrons. The first-order chi connectivity index (χ1) is 15.8.